The van der Waals surface area contributed by atoms with Crippen molar-refractivity contribution in [3.05, 3.63) is 130 Å². The summed E-state index contributed by atoms with van der Waals surface area (Å²) in [7, 11) is 1.90. The lowest BCUT2D eigenvalue weighted by Gasteiger charge is -2.38. The third-order valence-corrected chi connectivity index (χ3v) is 8.09. The second kappa shape index (κ2) is 12.7. The minimum Gasteiger partial charge on any atom is -0.508 e. The van der Waals surface area contributed by atoms with E-state index >= 15 is 0 Å². The standard InChI is InChI=1S/C35H34N2O7/c1-36(20-31(40)25-5-4-6-27(39)17-25)19-28-18-32(23-11-9-22(21-38)10-12-23)44-35(43-28)24-13-15-26(16-14-24)37-33(41)29-7-2-3-8-30(29)34(37)42/h2-17,28,31-32,35,38-40H,18-21H2,1H3. The fourth-order valence-electron chi connectivity index (χ4n) is 5.79. The van der Waals surface area contributed by atoms with E-state index in [4.69, 9.17) is 9.47 Å². The number of aliphatic hydroxyl groups is 2. The van der Waals surface area contributed by atoms with Crippen molar-refractivity contribution in [2.45, 2.75) is 37.6 Å². The number of ether oxygens (including phenoxy) is 2. The number of aliphatic hydroxyl groups excluding tert-OH is 2. The molecule has 226 valence electrons. The van der Waals surface area contributed by atoms with Crippen molar-refractivity contribution in [1.82, 2.24) is 4.90 Å². The molecule has 4 atom stereocenters. The largest absolute Gasteiger partial charge is 0.508 e. The molecule has 3 N–H and O–H groups in total. The van der Waals surface area contributed by atoms with E-state index in [1.807, 2.05) is 36.2 Å². The first-order valence-corrected chi connectivity index (χ1v) is 14.5. The Morgan fingerprint density at radius 3 is 2.16 bits per heavy atom. The van der Waals surface area contributed by atoms with Crippen molar-refractivity contribution in [2.24, 2.45) is 0 Å². The number of imide groups is 1. The number of aromatic hydroxyl groups is 1. The summed E-state index contributed by atoms with van der Waals surface area (Å²) in [4.78, 5) is 29.1. The van der Waals surface area contributed by atoms with Gasteiger partial charge in [0.05, 0.1) is 41.7 Å². The van der Waals surface area contributed by atoms with E-state index in [1.165, 1.54) is 4.90 Å². The summed E-state index contributed by atoms with van der Waals surface area (Å²) in [6.07, 6.45) is -1.51. The van der Waals surface area contributed by atoms with Gasteiger partial charge in [0.2, 0.25) is 0 Å². The maximum atomic E-state index is 13.0. The molecule has 4 unspecified atom stereocenters. The molecule has 1 fully saturated rings. The average Bonchev–Trinajstić information content (AvgIpc) is 3.30. The predicted octanol–water partition coefficient (Wildman–Crippen LogP) is 4.90. The summed E-state index contributed by atoms with van der Waals surface area (Å²) in [5.41, 5.74) is 4.35. The molecule has 0 bridgehead atoms. The lowest BCUT2D eigenvalue weighted by molar-refractivity contribution is -0.252. The Hall–Kier alpha value is -4.38. The summed E-state index contributed by atoms with van der Waals surface area (Å²) in [5, 5.41) is 30.1. The highest BCUT2D eigenvalue weighted by atomic mass is 16.7. The van der Waals surface area contributed by atoms with E-state index in [1.54, 1.807) is 72.8 Å². The Labute approximate surface area is 255 Å². The smallest absolute Gasteiger partial charge is 0.266 e. The molecule has 4 aromatic rings. The Kier molecular flexibility index (Phi) is 8.56. The van der Waals surface area contributed by atoms with Gasteiger partial charge >= 0.3 is 0 Å². The number of fused-ring (bicyclic) bond motifs is 1. The van der Waals surface area contributed by atoms with Crippen LogP contribution in [0, 0.1) is 0 Å². The molecule has 0 radical (unpaired) electrons. The van der Waals surface area contributed by atoms with Gasteiger partial charge in [-0.05, 0) is 60.1 Å². The van der Waals surface area contributed by atoms with Gasteiger partial charge in [-0.15, -0.1) is 0 Å². The van der Waals surface area contributed by atoms with Crippen LogP contribution in [-0.4, -0.2) is 58.3 Å². The van der Waals surface area contributed by atoms with Gasteiger partial charge in [-0.25, -0.2) is 4.90 Å². The minimum absolute atomic E-state index is 0.0497. The highest BCUT2D eigenvalue weighted by Gasteiger charge is 2.37. The number of phenols is 1. The van der Waals surface area contributed by atoms with Crippen LogP contribution < -0.4 is 4.90 Å². The predicted molar refractivity (Wildman–Crippen MR) is 163 cm³/mol. The molecule has 2 amide bonds. The van der Waals surface area contributed by atoms with Crippen LogP contribution in [0.2, 0.25) is 0 Å². The van der Waals surface area contributed by atoms with Gasteiger partial charge in [-0.2, -0.15) is 0 Å². The first kappa shape index (κ1) is 29.7. The number of nitrogens with zero attached hydrogens (tertiary/aromatic N) is 2. The monoisotopic (exact) mass is 594 g/mol. The van der Waals surface area contributed by atoms with Crippen LogP contribution in [0.25, 0.3) is 0 Å². The normalized spacial score (nSPS) is 20.6. The molecule has 0 saturated carbocycles. The molecule has 2 aliphatic heterocycles. The molecule has 0 spiro atoms. The first-order chi connectivity index (χ1) is 21.3. The molecule has 2 aliphatic rings. The van der Waals surface area contributed by atoms with Gasteiger partial charge in [0.1, 0.15) is 5.75 Å². The van der Waals surface area contributed by atoms with Crippen LogP contribution in [-0.2, 0) is 16.1 Å². The molecular weight excluding hydrogens is 560 g/mol. The Morgan fingerprint density at radius 1 is 0.864 bits per heavy atom. The number of carbonyl (C=O) groups excluding carboxylic acids is 2. The van der Waals surface area contributed by atoms with E-state index in [9.17, 15) is 24.9 Å². The molecule has 44 heavy (non-hydrogen) atoms. The molecule has 0 aliphatic carbocycles. The zero-order chi connectivity index (χ0) is 30.8. The van der Waals surface area contributed by atoms with Crippen molar-refractivity contribution in [3.63, 3.8) is 0 Å². The van der Waals surface area contributed by atoms with E-state index in [0.717, 1.165) is 16.7 Å². The first-order valence-electron chi connectivity index (χ1n) is 14.5. The maximum absolute atomic E-state index is 13.0. The quantitative estimate of drug-likeness (QED) is 0.234. The zero-order valence-electron chi connectivity index (χ0n) is 24.2. The van der Waals surface area contributed by atoms with Crippen molar-refractivity contribution in [1.29, 1.82) is 0 Å². The van der Waals surface area contributed by atoms with Crippen LogP contribution in [0.15, 0.2) is 97.1 Å². The fraction of sp³-hybridized carbons (Fsp3) is 0.257. The summed E-state index contributed by atoms with van der Waals surface area (Å²) < 4.78 is 12.9. The SMILES string of the molecule is CN(CC1CC(c2ccc(CO)cc2)OC(c2ccc(N3C(=O)c4ccccc4C3=O)cc2)O1)CC(O)c1cccc(O)c1. The molecule has 2 heterocycles. The number of carbonyl (C=O) groups is 2. The second-order valence-electron chi connectivity index (χ2n) is 11.3. The summed E-state index contributed by atoms with van der Waals surface area (Å²) >= 11 is 0. The summed E-state index contributed by atoms with van der Waals surface area (Å²) in [6.45, 7) is 0.791. The summed E-state index contributed by atoms with van der Waals surface area (Å²) in [5.74, 6) is -0.610. The highest BCUT2D eigenvalue weighted by Crippen LogP contribution is 2.39. The number of phenolic OH excluding ortho intramolecular Hbond substituents is 1. The molecule has 4 aromatic carbocycles. The molecular formula is C35H34N2O7. The maximum Gasteiger partial charge on any atom is 0.266 e. The van der Waals surface area contributed by atoms with Crippen molar-refractivity contribution in [3.8, 4) is 5.75 Å². The van der Waals surface area contributed by atoms with Gasteiger partial charge in [0, 0.05) is 25.1 Å². The molecule has 0 aromatic heterocycles. The fourth-order valence-corrected chi connectivity index (χ4v) is 5.79. The number of hydrogen-bond acceptors (Lipinski definition) is 8. The van der Waals surface area contributed by atoms with E-state index < -0.39 is 12.4 Å². The van der Waals surface area contributed by atoms with E-state index in [0.29, 0.717) is 41.9 Å². The molecule has 9 nitrogen and oxygen atoms in total. The average molecular weight is 595 g/mol. The van der Waals surface area contributed by atoms with Crippen molar-refractivity contribution < 1.29 is 34.4 Å². The second-order valence-corrected chi connectivity index (χ2v) is 11.3. The van der Waals surface area contributed by atoms with Crippen LogP contribution in [0.4, 0.5) is 5.69 Å². The van der Waals surface area contributed by atoms with Crippen LogP contribution in [0.3, 0.4) is 0 Å². The van der Waals surface area contributed by atoms with Gasteiger partial charge in [0.15, 0.2) is 6.29 Å². The Morgan fingerprint density at radius 2 is 1.52 bits per heavy atom. The number of benzene rings is 4. The van der Waals surface area contributed by atoms with Crippen molar-refractivity contribution in [2.75, 3.05) is 25.0 Å². The van der Waals surface area contributed by atoms with Gasteiger partial charge < -0.3 is 29.7 Å². The topological polar surface area (TPSA) is 120 Å². The van der Waals surface area contributed by atoms with Gasteiger partial charge in [-0.3, -0.25) is 9.59 Å². The number of anilines is 1. The van der Waals surface area contributed by atoms with Crippen LogP contribution in [0.1, 0.15) is 67.9 Å². The van der Waals surface area contributed by atoms with E-state index in [2.05, 4.69) is 0 Å². The molecule has 9 heteroatoms. The molecule has 6 rings (SSSR count). The lowest BCUT2D eigenvalue weighted by Crippen LogP contribution is -2.39. The van der Waals surface area contributed by atoms with Crippen LogP contribution in [0.5, 0.6) is 5.75 Å². The highest BCUT2D eigenvalue weighted by molar-refractivity contribution is 6.34. The van der Waals surface area contributed by atoms with E-state index in [-0.39, 0.29) is 36.4 Å². The number of hydrogen-bond donors (Lipinski definition) is 3. The number of amides is 2. The Balaban J connectivity index is 1.20. The third kappa shape index (κ3) is 6.14. The van der Waals surface area contributed by atoms with Crippen LogP contribution >= 0.6 is 0 Å². The Bertz CT molecular complexity index is 1600. The molecule has 1 saturated heterocycles. The lowest BCUT2D eigenvalue weighted by atomic mass is 9.99. The number of rotatable bonds is 9. The zero-order valence-corrected chi connectivity index (χ0v) is 24.2. The van der Waals surface area contributed by atoms with Gasteiger partial charge in [0.25, 0.3) is 11.8 Å². The van der Waals surface area contributed by atoms with Crippen molar-refractivity contribution >= 4 is 17.5 Å². The summed E-state index contributed by atoms with van der Waals surface area (Å²) in [6, 6.07) is 28.0. The minimum atomic E-state index is -0.792. The number of likely N-dealkylation sites (N-methyl/N-ethyl adjacent to an activating group) is 1. The van der Waals surface area contributed by atoms with Gasteiger partial charge in [-0.1, -0.05) is 60.7 Å². The third-order valence-electron chi connectivity index (χ3n) is 8.09.